The van der Waals surface area contributed by atoms with E-state index in [4.69, 9.17) is 9.47 Å². The molecule has 0 saturated carbocycles. The molecule has 5 rings (SSSR count). The van der Waals surface area contributed by atoms with Crippen LogP contribution in [0.15, 0.2) is 48.7 Å². The molecule has 8 nitrogen and oxygen atoms in total. The Morgan fingerprint density at radius 1 is 1.17 bits per heavy atom. The van der Waals surface area contributed by atoms with E-state index >= 15 is 0 Å². The van der Waals surface area contributed by atoms with Gasteiger partial charge in [0.05, 0.1) is 30.8 Å². The van der Waals surface area contributed by atoms with Crippen LogP contribution in [0, 0.1) is 0 Å². The van der Waals surface area contributed by atoms with Gasteiger partial charge in [-0.1, -0.05) is 0 Å². The number of amides is 1. The monoisotopic (exact) mass is 389 g/mol. The summed E-state index contributed by atoms with van der Waals surface area (Å²) >= 11 is 0. The van der Waals surface area contributed by atoms with Crippen molar-refractivity contribution >= 4 is 44.9 Å². The number of methoxy groups -OCH3 is 1. The van der Waals surface area contributed by atoms with Crippen molar-refractivity contribution in [2.45, 2.75) is 0 Å². The van der Waals surface area contributed by atoms with E-state index in [9.17, 15) is 4.79 Å². The number of morpholine rings is 1. The smallest absolute Gasteiger partial charge is 0.253 e. The van der Waals surface area contributed by atoms with Crippen LogP contribution in [0.5, 0.6) is 5.75 Å². The first-order valence-electron chi connectivity index (χ1n) is 9.29. The molecule has 1 saturated heterocycles. The lowest BCUT2D eigenvalue weighted by Gasteiger charge is -2.26. The van der Waals surface area contributed by atoms with E-state index in [1.165, 1.54) is 0 Å². The van der Waals surface area contributed by atoms with Crippen LogP contribution < -0.4 is 15.0 Å². The third kappa shape index (κ3) is 3.13. The summed E-state index contributed by atoms with van der Waals surface area (Å²) < 4.78 is 10.6. The van der Waals surface area contributed by atoms with Gasteiger partial charge in [0.15, 0.2) is 0 Å². The first-order valence-corrected chi connectivity index (χ1v) is 9.29. The Morgan fingerprint density at radius 2 is 2.03 bits per heavy atom. The molecule has 2 N–H and O–H groups in total. The van der Waals surface area contributed by atoms with Gasteiger partial charge >= 0.3 is 0 Å². The highest BCUT2D eigenvalue weighted by Gasteiger charge is 2.20. The number of ether oxygens (including phenoxy) is 2. The lowest BCUT2D eigenvalue weighted by atomic mass is 10.1. The molecular weight excluding hydrogens is 370 g/mol. The number of anilines is 3. The van der Waals surface area contributed by atoms with Crippen molar-refractivity contribution in [1.82, 2.24) is 15.2 Å². The van der Waals surface area contributed by atoms with E-state index in [0.717, 1.165) is 44.7 Å². The van der Waals surface area contributed by atoms with Crippen molar-refractivity contribution in [3.05, 3.63) is 48.7 Å². The Balaban J connectivity index is 1.48. The summed E-state index contributed by atoms with van der Waals surface area (Å²) in [6, 6.07) is 13.5. The molecule has 0 radical (unpaired) electrons. The molecule has 3 heterocycles. The molecule has 0 bridgehead atoms. The lowest BCUT2D eigenvalue weighted by Crippen LogP contribution is -2.41. The molecule has 2 aromatic carbocycles. The molecule has 29 heavy (non-hydrogen) atoms. The highest BCUT2D eigenvalue weighted by atomic mass is 16.5. The molecular formula is C21H19N5O3. The van der Waals surface area contributed by atoms with Crippen molar-refractivity contribution in [2.24, 2.45) is 0 Å². The van der Waals surface area contributed by atoms with Crippen LogP contribution in [0.1, 0.15) is 0 Å². The number of aromatic nitrogens is 3. The Bertz CT molecular complexity index is 1200. The van der Waals surface area contributed by atoms with Crippen LogP contribution >= 0.6 is 0 Å². The Labute approximate surface area is 166 Å². The van der Waals surface area contributed by atoms with Gasteiger partial charge in [-0.05, 0) is 42.5 Å². The van der Waals surface area contributed by atoms with E-state index in [2.05, 4.69) is 20.5 Å². The Hall–Kier alpha value is -3.65. The zero-order chi connectivity index (χ0) is 19.8. The third-order valence-electron chi connectivity index (χ3n) is 5.03. The molecule has 0 aliphatic carbocycles. The van der Waals surface area contributed by atoms with E-state index in [0.29, 0.717) is 13.2 Å². The molecule has 1 fully saturated rings. The van der Waals surface area contributed by atoms with Crippen molar-refractivity contribution < 1.29 is 14.3 Å². The topological polar surface area (TPSA) is 92.4 Å². The number of hydrogen-bond donors (Lipinski definition) is 2. The van der Waals surface area contributed by atoms with E-state index in [1.807, 2.05) is 42.5 Å². The number of benzene rings is 2. The quantitative estimate of drug-likeness (QED) is 0.557. The van der Waals surface area contributed by atoms with E-state index in [-0.39, 0.29) is 12.5 Å². The third-order valence-corrected chi connectivity index (χ3v) is 5.03. The zero-order valence-corrected chi connectivity index (χ0v) is 15.8. The number of H-pyrrole nitrogens is 1. The van der Waals surface area contributed by atoms with Crippen LogP contribution in [0.2, 0.25) is 0 Å². The number of pyridine rings is 1. The number of nitrogens with one attached hydrogen (secondary N) is 2. The normalized spacial score (nSPS) is 14.5. The fraction of sp³-hybridized carbons (Fsp3) is 0.190. The molecule has 0 atom stereocenters. The minimum Gasteiger partial charge on any atom is -0.497 e. The van der Waals surface area contributed by atoms with Crippen LogP contribution in [-0.4, -0.2) is 48.0 Å². The number of carbonyl (C=O) groups is 1. The van der Waals surface area contributed by atoms with Crippen LogP contribution in [-0.2, 0) is 9.53 Å². The second-order valence-corrected chi connectivity index (χ2v) is 6.77. The van der Waals surface area contributed by atoms with Gasteiger partial charge in [0.25, 0.3) is 5.91 Å². The minimum absolute atomic E-state index is 0.0237. The number of fused-ring (bicyclic) bond motifs is 3. The lowest BCUT2D eigenvalue weighted by molar-refractivity contribution is -0.125. The molecule has 1 aliphatic heterocycles. The van der Waals surface area contributed by atoms with Crippen LogP contribution in [0.4, 0.5) is 17.2 Å². The standard InChI is InChI=1S/C21H19N5O3/c1-28-15-6-7-17-16(10-15)20-18(11-22-17)24-25-21(20)23-13-2-4-14(5-3-13)26-8-9-29-12-19(26)27/h2-7,10-11H,8-9,12H2,1H3,(H2,23,24,25). The van der Waals surface area contributed by atoms with Gasteiger partial charge in [0, 0.05) is 23.3 Å². The maximum absolute atomic E-state index is 12.0. The summed E-state index contributed by atoms with van der Waals surface area (Å²) in [7, 11) is 1.64. The average molecular weight is 389 g/mol. The van der Waals surface area contributed by atoms with Crippen molar-refractivity contribution in [3.8, 4) is 5.75 Å². The number of carbonyl (C=O) groups excluding carboxylic acids is 1. The summed E-state index contributed by atoms with van der Waals surface area (Å²) in [6.45, 7) is 1.25. The second-order valence-electron chi connectivity index (χ2n) is 6.77. The molecule has 0 unspecified atom stereocenters. The van der Waals surface area contributed by atoms with Gasteiger partial charge in [0.2, 0.25) is 0 Å². The maximum Gasteiger partial charge on any atom is 0.253 e. The predicted molar refractivity (Wildman–Crippen MR) is 111 cm³/mol. The minimum atomic E-state index is -0.0237. The fourth-order valence-corrected chi connectivity index (χ4v) is 3.56. The Morgan fingerprint density at radius 3 is 2.83 bits per heavy atom. The van der Waals surface area contributed by atoms with Crippen molar-refractivity contribution in [2.75, 3.05) is 37.1 Å². The first kappa shape index (κ1) is 17.4. The van der Waals surface area contributed by atoms with E-state index < -0.39 is 0 Å². The predicted octanol–water partition coefficient (Wildman–Crippen LogP) is 3.23. The molecule has 0 spiro atoms. The first-order chi connectivity index (χ1) is 14.2. The highest BCUT2D eigenvalue weighted by Crippen LogP contribution is 2.32. The number of rotatable bonds is 4. The molecule has 2 aromatic heterocycles. The van der Waals surface area contributed by atoms with Gasteiger partial charge in [-0.25, -0.2) is 0 Å². The molecule has 1 amide bonds. The molecule has 8 heteroatoms. The van der Waals surface area contributed by atoms with Gasteiger partial charge in [-0.3, -0.25) is 14.9 Å². The number of aromatic amines is 1. The van der Waals surface area contributed by atoms with Crippen LogP contribution in [0.3, 0.4) is 0 Å². The van der Waals surface area contributed by atoms with Crippen molar-refractivity contribution in [3.63, 3.8) is 0 Å². The SMILES string of the molecule is COc1ccc2ncc3n[nH]c(Nc4ccc(N5CCOCC5=O)cc4)c3c2c1. The average Bonchev–Trinajstić information content (AvgIpc) is 3.17. The summed E-state index contributed by atoms with van der Waals surface area (Å²) in [4.78, 5) is 18.2. The Kier molecular flexibility index (Phi) is 4.25. The van der Waals surface area contributed by atoms with Gasteiger partial charge in [0.1, 0.15) is 23.7 Å². The maximum atomic E-state index is 12.0. The fourth-order valence-electron chi connectivity index (χ4n) is 3.56. The van der Waals surface area contributed by atoms with Crippen molar-refractivity contribution in [1.29, 1.82) is 0 Å². The summed E-state index contributed by atoms with van der Waals surface area (Å²) in [5.74, 6) is 1.51. The van der Waals surface area contributed by atoms with Crippen LogP contribution in [0.25, 0.3) is 21.8 Å². The largest absolute Gasteiger partial charge is 0.497 e. The molecule has 1 aliphatic rings. The molecule has 146 valence electrons. The summed E-state index contributed by atoms with van der Waals surface area (Å²) in [6.07, 6.45) is 1.75. The van der Waals surface area contributed by atoms with Gasteiger partial charge in [-0.15, -0.1) is 0 Å². The highest BCUT2D eigenvalue weighted by molar-refractivity contribution is 6.10. The van der Waals surface area contributed by atoms with E-state index in [1.54, 1.807) is 18.2 Å². The molecule has 4 aromatic rings. The number of hydrogen-bond acceptors (Lipinski definition) is 6. The van der Waals surface area contributed by atoms with Gasteiger partial charge in [-0.2, -0.15) is 5.10 Å². The second kappa shape index (κ2) is 7.06. The zero-order valence-electron chi connectivity index (χ0n) is 15.8. The summed E-state index contributed by atoms with van der Waals surface area (Å²) in [5, 5.41) is 12.7. The summed E-state index contributed by atoms with van der Waals surface area (Å²) in [5.41, 5.74) is 3.37. The van der Waals surface area contributed by atoms with Gasteiger partial charge < -0.3 is 19.7 Å². The number of nitrogens with zero attached hydrogens (tertiary/aromatic N) is 3.